The normalized spacial score (nSPS) is 10.8. The first kappa shape index (κ1) is 17.4. The Bertz CT molecular complexity index is 957. The fourth-order valence-electron chi connectivity index (χ4n) is 2.54. The first-order valence-corrected chi connectivity index (χ1v) is 8.28. The Labute approximate surface area is 151 Å². The van der Waals surface area contributed by atoms with Crippen molar-refractivity contribution in [3.8, 4) is 0 Å². The highest BCUT2D eigenvalue weighted by Crippen LogP contribution is 2.16. The smallest absolute Gasteiger partial charge is 0.259 e. The fraction of sp³-hybridized carbons (Fsp3) is 0.0952. The number of carbonyl (C=O) groups is 2. The number of carbonyl (C=O) groups excluding carboxylic acids is 2. The maximum atomic E-state index is 12.0. The lowest BCUT2D eigenvalue weighted by Crippen LogP contribution is -2.34. The molecule has 0 radical (unpaired) electrons. The SMILES string of the molecule is Cc1ccc(C(=O)NCC(=O)N/N=C\c2cccc3ccccc23)cc1. The van der Waals surface area contributed by atoms with Gasteiger partial charge in [-0.1, -0.05) is 60.2 Å². The van der Waals surface area contributed by atoms with Gasteiger partial charge in [0.05, 0.1) is 12.8 Å². The molecule has 0 atom stereocenters. The lowest BCUT2D eigenvalue weighted by Gasteiger charge is -2.05. The Kier molecular flexibility index (Phi) is 5.39. The van der Waals surface area contributed by atoms with E-state index in [1.165, 1.54) is 0 Å². The van der Waals surface area contributed by atoms with Crippen molar-refractivity contribution >= 4 is 28.8 Å². The molecule has 0 heterocycles. The van der Waals surface area contributed by atoms with Crippen LogP contribution >= 0.6 is 0 Å². The fourth-order valence-corrected chi connectivity index (χ4v) is 2.54. The van der Waals surface area contributed by atoms with Gasteiger partial charge in [0, 0.05) is 11.1 Å². The molecule has 0 aliphatic carbocycles. The molecular formula is C21H19N3O2. The number of nitrogens with one attached hydrogen (secondary N) is 2. The van der Waals surface area contributed by atoms with Crippen molar-refractivity contribution < 1.29 is 9.59 Å². The van der Waals surface area contributed by atoms with Gasteiger partial charge in [-0.05, 0) is 29.8 Å². The molecule has 3 aromatic carbocycles. The van der Waals surface area contributed by atoms with Crippen molar-refractivity contribution in [2.24, 2.45) is 5.10 Å². The van der Waals surface area contributed by atoms with Crippen LogP contribution in [0.2, 0.25) is 0 Å². The van der Waals surface area contributed by atoms with Crippen LogP contribution in [-0.4, -0.2) is 24.6 Å². The summed E-state index contributed by atoms with van der Waals surface area (Å²) in [7, 11) is 0. The van der Waals surface area contributed by atoms with Crippen LogP contribution in [0.4, 0.5) is 0 Å². The van der Waals surface area contributed by atoms with E-state index in [2.05, 4.69) is 15.8 Å². The van der Waals surface area contributed by atoms with Gasteiger partial charge in [0.2, 0.25) is 0 Å². The molecule has 5 heteroatoms. The molecule has 2 N–H and O–H groups in total. The molecule has 0 unspecified atom stereocenters. The molecule has 0 saturated heterocycles. The number of hydrazone groups is 1. The molecule has 0 spiro atoms. The van der Waals surface area contributed by atoms with E-state index in [1.54, 1.807) is 18.3 Å². The van der Waals surface area contributed by atoms with Gasteiger partial charge in [0.15, 0.2) is 0 Å². The average molecular weight is 345 g/mol. The number of hydrogen-bond acceptors (Lipinski definition) is 3. The first-order chi connectivity index (χ1) is 12.6. The van der Waals surface area contributed by atoms with E-state index >= 15 is 0 Å². The second-order valence-electron chi connectivity index (χ2n) is 5.91. The predicted molar refractivity (Wildman–Crippen MR) is 103 cm³/mol. The molecule has 0 aliphatic heterocycles. The molecule has 130 valence electrons. The minimum absolute atomic E-state index is 0.139. The molecular weight excluding hydrogens is 326 g/mol. The van der Waals surface area contributed by atoms with E-state index in [0.717, 1.165) is 21.9 Å². The number of rotatable bonds is 5. The molecule has 0 bridgehead atoms. The van der Waals surface area contributed by atoms with Gasteiger partial charge in [-0.25, -0.2) is 5.43 Å². The van der Waals surface area contributed by atoms with Crippen LogP contribution in [0, 0.1) is 6.92 Å². The molecule has 0 fully saturated rings. The largest absolute Gasteiger partial charge is 0.343 e. The molecule has 0 aromatic heterocycles. The van der Waals surface area contributed by atoms with Crippen molar-refractivity contribution in [3.63, 3.8) is 0 Å². The van der Waals surface area contributed by atoms with E-state index in [1.807, 2.05) is 61.5 Å². The Morgan fingerprint density at radius 3 is 2.50 bits per heavy atom. The van der Waals surface area contributed by atoms with Crippen LogP contribution in [0.1, 0.15) is 21.5 Å². The van der Waals surface area contributed by atoms with Gasteiger partial charge in [-0.3, -0.25) is 9.59 Å². The van der Waals surface area contributed by atoms with E-state index in [0.29, 0.717) is 5.56 Å². The van der Waals surface area contributed by atoms with Crippen LogP contribution in [0.3, 0.4) is 0 Å². The summed E-state index contributed by atoms with van der Waals surface area (Å²) in [6.07, 6.45) is 1.60. The first-order valence-electron chi connectivity index (χ1n) is 8.28. The molecule has 3 rings (SSSR count). The zero-order valence-electron chi connectivity index (χ0n) is 14.4. The van der Waals surface area contributed by atoms with Gasteiger partial charge >= 0.3 is 0 Å². The summed E-state index contributed by atoms with van der Waals surface area (Å²) in [5, 5.41) is 8.71. The van der Waals surface area contributed by atoms with Gasteiger partial charge < -0.3 is 5.32 Å². The third-order valence-electron chi connectivity index (χ3n) is 3.94. The van der Waals surface area contributed by atoms with Gasteiger partial charge in [-0.15, -0.1) is 0 Å². The highest BCUT2D eigenvalue weighted by molar-refractivity contribution is 6.00. The number of aryl methyl sites for hydroxylation is 1. The molecule has 2 amide bonds. The van der Waals surface area contributed by atoms with E-state index in [-0.39, 0.29) is 18.4 Å². The Morgan fingerprint density at radius 1 is 0.962 bits per heavy atom. The number of benzene rings is 3. The second-order valence-corrected chi connectivity index (χ2v) is 5.91. The summed E-state index contributed by atoms with van der Waals surface area (Å²) in [5.74, 6) is -0.680. The summed E-state index contributed by atoms with van der Waals surface area (Å²) < 4.78 is 0. The van der Waals surface area contributed by atoms with Crippen LogP contribution in [0.15, 0.2) is 71.8 Å². The molecule has 0 saturated carbocycles. The van der Waals surface area contributed by atoms with Crippen molar-refractivity contribution in [1.82, 2.24) is 10.7 Å². The number of nitrogens with zero attached hydrogens (tertiary/aromatic N) is 1. The summed E-state index contributed by atoms with van der Waals surface area (Å²) in [5.41, 5.74) is 4.92. The van der Waals surface area contributed by atoms with Crippen molar-refractivity contribution in [2.75, 3.05) is 6.54 Å². The van der Waals surface area contributed by atoms with Crippen LogP contribution in [0.5, 0.6) is 0 Å². The number of hydrogen-bond donors (Lipinski definition) is 2. The molecule has 3 aromatic rings. The Balaban J connectivity index is 1.54. The van der Waals surface area contributed by atoms with Crippen LogP contribution in [-0.2, 0) is 4.79 Å². The van der Waals surface area contributed by atoms with Crippen molar-refractivity contribution in [2.45, 2.75) is 6.92 Å². The minimum atomic E-state index is -0.387. The number of fused-ring (bicyclic) bond motifs is 1. The van der Waals surface area contributed by atoms with Gasteiger partial charge in [-0.2, -0.15) is 5.10 Å². The van der Waals surface area contributed by atoms with E-state index < -0.39 is 0 Å². The standard InChI is InChI=1S/C21H19N3O2/c1-15-9-11-17(12-10-15)21(26)22-14-20(25)24-23-13-18-7-4-6-16-5-2-3-8-19(16)18/h2-13H,14H2,1H3,(H,22,26)(H,24,25)/b23-13-. The maximum absolute atomic E-state index is 12.0. The maximum Gasteiger partial charge on any atom is 0.259 e. The zero-order chi connectivity index (χ0) is 18.4. The van der Waals surface area contributed by atoms with E-state index in [4.69, 9.17) is 0 Å². The molecule has 26 heavy (non-hydrogen) atoms. The molecule has 5 nitrogen and oxygen atoms in total. The highest BCUT2D eigenvalue weighted by Gasteiger charge is 2.07. The quantitative estimate of drug-likeness (QED) is 0.551. The second kappa shape index (κ2) is 8.07. The predicted octanol–water partition coefficient (Wildman–Crippen LogP) is 3.03. The van der Waals surface area contributed by atoms with E-state index in [9.17, 15) is 9.59 Å². The number of amides is 2. The lowest BCUT2D eigenvalue weighted by atomic mass is 10.1. The summed E-state index contributed by atoms with van der Waals surface area (Å²) in [4.78, 5) is 23.8. The third kappa shape index (κ3) is 4.33. The van der Waals surface area contributed by atoms with Crippen LogP contribution in [0.25, 0.3) is 10.8 Å². The summed E-state index contributed by atoms with van der Waals surface area (Å²) in [6.45, 7) is 1.81. The lowest BCUT2D eigenvalue weighted by molar-refractivity contribution is -0.120. The molecule has 0 aliphatic rings. The third-order valence-corrected chi connectivity index (χ3v) is 3.94. The Hall–Kier alpha value is -3.47. The summed E-state index contributed by atoms with van der Waals surface area (Å²) in [6, 6.07) is 21.0. The van der Waals surface area contributed by atoms with Gasteiger partial charge in [0.1, 0.15) is 0 Å². The van der Waals surface area contributed by atoms with Gasteiger partial charge in [0.25, 0.3) is 11.8 Å². The Morgan fingerprint density at radius 2 is 1.69 bits per heavy atom. The average Bonchev–Trinajstić information content (AvgIpc) is 2.67. The topological polar surface area (TPSA) is 70.6 Å². The zero-order valence-corrected chi connectivity index (χ0v) is 14.4. The van der Waals surface area contributed by atoms with Crippen molar-refractivity contribution in [3.05, 3.63) is 83.4 Å². The minimum Gasteiger partial charge on any atom is -0.343 e. The van der Waals surface area contributed by atoms with Crippen LogP contribution < -0.4 is 10.7 Å². The van der Waals surface area contributed by atoms with Crippen molar-refractivity contribution in [1.29, 1.82) is 0 Å². The highest BCUT2D eigenvalue weighted by atomic mass is 16.2. The monoisotopic (exact) mass is 345 g/mol. The summed E-state index contributed by atoms with van der Waals surface area (Å²) >= 11 is 0.